The van der Waals surface area contributed by atoms with E-state index in [-0.39, 0.29) is 5.91 Å². The molecule has 0 radical (unpaired) electrons. The van der Waals surface area contributed by atoms with E-state index in [2.05, 4.69) is 29.5 Å². The number of para-hydroxylation sites is 1. The SMILES string of the molecule is CC(C)c1nc(CNc2ccccc2CC(=O)N(C)C)cs1. The van der Waals surface area contributed by atoms with Gasteiger partial charge in [0.1, 0.15) is 0 Å². The molecule has 0 saturated carbocycles. The van der Waals surface area contributed by atoms with Crippen LogP contribution in [0.2, 0.25) is 0 Å². The van der Waals surface area contributed by atoms with Crippen molar-refractivity contribution in [1.29, 1.82) is 0 Å². The number of anilines is 1. The number of rotatable bonds is 6. The van der Waals surface area contributed by atoms with Gasteiger partial charge < -0.3 is 10.2 Å². The number of carbonyl (C=O) groups excluding carboxylic acids is 1. The molecule has 0 aliphatic rings. The Hall–Kier alpha value is -1.88. The zero-order chi connectivity index (χ0) is 16.1. The normalized spacial score (nSPS) is 10.8. The van der Waals surface area contributed by atoms with E-state index in [1.807, 2.05) is 24.3 Å². The molecule has 0 saturated heterocycles. The maximum absolute atomic E-state index is 11.9. The highest BCUT2D eigenvalue weighted by Gasteiger charge is 2.10. The molecule has 0 aliphatic heterocycles. The van der Waals surface area contributed by atoms with Crippen molar-refractivity contribution in [3.8, 4) is 0 Å². The smallest absolute Gasteiger partial charge is 0.226 e. The van der Waals surface area contributed by atoms with Crippen molar-refractivity contribution in [3.63, 3.8) is 0 Å². The number of thiazole rings is 1. The van der Waals surface area contributed by atoms with Gasteiger partial charge in [0.05, 0.1) is 23.7 Å². The molecule has 5 heteroatoms. The number of amides is 1. The Morgan fingerprint density at radius 3 is 2.68 bits per heavy atom. The third kappa shape index (κ3) is 4.31. The monoisotopic (exact) mass is 317 g/mol. The van der Waals surface area contributed by atoms with E-state index in [4.69, 9.17) is 0 Å². The second-order valence-corrected chi connectivity index (χ2v) is 6.70. The Morgan fingerprint density at radius 2 is 2.05 bits per heavy atom. The third-order valence-electron chi connectivity index (χ3n) is 3.38. The summed E-state index contributed by atoms with van der Waals surface area (Å²) in [6, 6.07) is 7.94. The van der Waals surface area contributed by atoms with E-state index >= 15 is 0 Å². The molecule has 0 spiro atoms. The molecule has 0 aliphatic carbocycles. The Labute approximate surface area is 136 Å². The average molecular weight is 317 g/mol. The first-order valence-corrected chi connectivity index (χ1v) is 8.31. The summed E-state index contributed by atoms with van der Waals surface area (Å²) in [5, 5.41) is 6.65. The Balaban J connectivity index is 2.04. The minimum absolute atomic E-state index is 0.102. The van der Waals surface area contributed by atoms with Crippen LogP contribution in [0, 0.1) is 0 Å². The topological polar surface area (TPSA) is 45.2 Å². The lowest BCUT2D eigenvalue weighted by molar-refractivity contribution is -0.127. The zero-order valence-corrected chi connectivity index (χ0v) is 14.4. The summed E-state index contributed by atoms with van der Waals surface area (Å²) in [6.45, 7) is 4.98. The van der Waals surface area contributed by atoms with E-state index in [1.165, 1.54) is 0 Å². The second kappa shape index (κ2) is 7.40. The fourth-order valence-corrected chi connectivity index (χ4v) is 2.86. The van der Waals surface area contributed by atoms with Gasteiger partial charge in [-0.3, -0.25) is 4.79 Å². The first-order chi connectivity index (χ1) is 10.5. The number of nitrogens with one attached hydrogen (secondary N) is 1. The Morgan fingerprint density at radius 1 is 1.32 bits per heavy atom. The van der Waals surface area contributed by atoms with Gasteiger partial charge >= 0.3 is 0 Å². The minimum atomic E-state index is 0.102. The number of nitrogens with zero attached hydrogens (tertiary/aromatic N) is 2. The number of benzene rings is 1. The van der Waals surface area contributed by atoms with Crippen LogP contribution in [0.1, 0.15) is 36.0 Å². The lowest BCUT2D eigenvalue weighted by atomic mass is 10.1. The van der Waals surface area contributed by atoms with E-state index < -0.39 is 0 Å². The fraction of sp³-hybridized carbons (Fsp3) is 0.412. The van der Waals surface area contributed by atoms with Gasteiger partial charge in [-0.1, -0.05) is 32.0 Å². The van der Waals surface area contributed by atoms with Crippen molar-refractivity contribution in [2.45, 2.75) is 32.7 Å². The predicted molar refractivity (Wildman–Crippen MR) is 92.4 cm³/mol. The minimum Gasteiger partial charge on any atom is -0.379 e. The highest BCUT2D eigenvalue weighted by Crippen LogP contribution is 2.21. The number of likely N-dealkylation sites (N-methyl/N-ethyl adjacent to an activating group) is 1. The maximum Gasteiger partial charge on any atom is 0.226 e. The van der Waals surface area contributed by atoms with Crippen molar-refractivity contribution in [3.05, 3.63) is 45.9 Å². The van der Waals surface area contributed by atoms with Crippen LogP contribution in [0.25, 0.3) is 0 Å². The lowest BCUT2D eigenvalue weighted by Crippen LogP contribution is -2.23. The van der Waals surface area contributed by atoms with E-state index in [1.54, 1.807) is 30.3 Å². The van der Waals surface area contributed by atoms with Crippen LogP contribution in [0.4, 0.5) is 5.69 Å². The maximum atomic E-state index is 11.9. The first-order valence-electron chi connectivity index (χ1n) is 7.43. The van der Waals surface area contributed by atoms with E-state index in [9.17, 15) is 4.79 Å². The molecule has 0 fully saturated rings. The summed E-state index contributed by atoms with van der Waals surface area (Å²) in [4.78, 5) is 18.1. The van der Waals surface area contributed by atoms with Crippen LogP contribution in [0.5, 0.6) is 0 Å². The number of hydrogen-bond donors (Lipinski definition) is 1. The summed E-state index contributed by atoms with van der Waals surface area (Å²) < 4.78 is 0. The van der Waals surface area contributed by atoms with E-state index in [0.717, 1.165) is 22.0 Å². The van der Waals surface area contributed by atoms with Crippen LogP contribution in [-0.4, -0.2) is 29.9 Å². The lowest BCUT2D eigenvalue weighted by Gasteiger charge is -2.14. The fourth-order valence-electron chi connectivity index (χ4n) is 2.02. The summed E-state index contributed by atoms with van der Waals surface area (Å²) in [7, 11) is 3.56. The van der Waals surface area contributed by atoms with Crippen molar-refractivity contribution in [2.75, 3.05) is 19.4 Å². The highest BCUT2D eigenvalue weighted by atomic mass is 32.1. The van der Waals surface area contributed by atoms with Gasteiger partial charge in [0, 0.05) is 31.1 Å². The third-order valence-corrected chi connectivity index (χ3v) is 4.58. The van der Waals surface area contributed by atoms with Crippen LogP contribution in [0.3, 0.4) is 0 Å². The molecule has 1 N–H and O–H groups in total. The van der Waals surface area contributed by atoms with Crippen molar-refractivity contribution < 1.29 is 4.79 Å². The molecule has 1 amide bonds. The number of hydrogen-bond acceptors (Lipinski definition) is 4. The first kappa shape index (κ1) is 16.5. The summed E-state index contributed by atoms with van der Waals surface area (Å²) in [5.74, 6) is 0.564. The molecular weight excluding hydrogens is 294 g/mol. The predicted octanol–water partition coefficient (Wildman–Crippen LogP) is 3.51. The van der Waals surface area contributed by atoms with Crippen LogP contribution >= 0.6 is 11.3 Å². The van der Waals surface area contributed by atoms with Gasteiger partial charge in [0.2, 0.25) is 5.91 Å². The molecule has 22 heavy (non-hydrogen) atoms. The second-order valence-electron chi connectivity index (χ2n) is 5.81. The largest absolute Gasteiger partial charge is 0.379 e. The van der Waals surface area contributed by atoms with Crippen molar-refractivity contribution in [1.82, 2.24) is 9.88 Å². The molecule has 4 nitrogen and oxygen atoms in total. The number of aromatic nitrogens is 1. The standard InChI is InChI=1S/C17H23N3OS/c1-12(2)17-19-14(11-22-17)10-18-15-8-6-5-7-13(15)9-16(21)20(3)4/h5-8,11-12,18H,9-10H2,1-4H3. The Bertz CT molecular complexity index is 634. The highest BCUT2D eigenvalue weighted by molar-refractivity contribution is 7.09. The summed E-state index contributed by atoms with van der Waals surface area (Å²) in [6.07, 6.45) is 0.407. The summed E-state index contributed by atoms with van der Waals surface area (Å²) in [5.41, 5.74) is 3.06. The van der Waals surface area contributed by atoms with Crippen LogP contribution < -0.4 is 5.32 Å². The molecule has 0 bridgehead atoms. The molecule has 2 aromatic rings. The van der Waals surface area contributed by atoms with Crippen molar-refractivity contribution in [2.24, 2.45) is 0 Å². The molecule has 2 rings (SSSR count). The van der Waals surface area contributed by atoms with Gasteiger partial charge in [-0.15, -0.1) is 11.3 Å². The molecule has 0 atom stereocenters. The van der Waals surface area contributed by atoms with Gasteiger partial charge in [0.25, 0.3) is 0 Å². The quantitative estimate of drug-likeness (QED) is 0.887. The van der Waals surface area contributed by atoms with Gasteiger partial charge in [0.15, 0.2) is 0 Å². The van der Waals surface area contributed by atoms with Crippen LogP contribution in [0.15, 0.2) is 29.6 Å². The van der Waals surface area contributed by atoms with Crippen LogP contribution in [-0.2, 0) is 17.8 Å². The molecular formula is C17H23N3OS. The molecule has 118 valence electrons. The van der Waals surface area contributed by atoms with Crippen molar-refractivity contribution >= 4 is 22.9 Å². The van der Waals surface area contributed by atoms with E-state index in [0.29, 0.717) is 18.9 Å². The van der Waals surface area contributed by atoms with Gasteiger partial charge in [-0.05, 0) is 11.6 Å². The average Bonchev–Trinajstić information content (AvgIpc) is 2.95. The number of carbonyl (C=O) groups is 1. The molecule has 1 aromatic heterocycles. The zero-order valence-electron chi connectivity index (χ0n) is 13.6. The Kier molecular flexibility index (Phi) is 5.55. The summed E-state index contributed by atoms with van der Waals surface area (Å²) >= 11 is 1.70. The molecule has 0 unspecified atom stereocenters. The molecule has 1 aromatic carbocycles. The van der Waals surface area contributed by atoms with Gasteiger partial charge in [-0.25, -0.2) is 4.98 Å². The molecule has 1 heterocycles. The van der Waals surface area contributed by atoms with Gasteiger partial charge in [-0.2, -0.15) is 0 Å².